The minimum absolute atomic E-state index is 0.0757. The molecule has 24 heavy (non-hydrogen) atoms. The standard InChI is InChI=1S/C19H26F3NO/c1-18(2,3)15-10-8-13(9-11-15)17(24)23-12-14-6-4-5-7-16(14)19(20,21)22/h4-7,13,15H,8-12H2,1-3H3,(H,23,24). The van der Waals surface area contributed by atoms with Crippen LogP contribution in [0.4, 0.5) is 13.2 Å². The molecule has 1 aliphatic rings. The number of nitrogens with one attached hydrogen (secondary N) is 1. The number of benzene rings is 1. The molecule has 1 fully saturated rings. The number of alkyl halides is 3. The van der Waals surface area contributed by atoms with Crippen LogP contribution in [0, 0.1) is 17.3 Å². The van der Waals surface area contributed by atoms with Crippen molar-refractivity contribution in [1.82, 2.24) is 5.32 Å². The minimum Gasteiger partial charge on any atom is -0.352 e. The van der Waals surface area contributed by atoms with E-state index in [1.807, 2.05) is 0 Å². The van der Waals surface area contributed by atoms with E-state index in [9.17, 15) is 18.0 Å². The van der Waals surface area contributed by atoms with E-state index < -0.39 is 11.7 Å². The van der Waals surface area contributed by atoms with E-state index in [1.165, 1.54) is 12.1 Å². The molecule has 0 spiro atoms. The molecule has 1 aliphatic carbocycles. The van der Waals surface area contributed by atoms with Crippen molar-refractivity contribution >= 4 is 5.91 Å². The smallest absolute Gasteiger partial charge is 0.352 e. The van der Waals surface area contributed by atoms with Gasteiger partial charge in [-0.3, -0.25) is 4.79 Å². The molecule has 0 aliphatic heterocycles. The van der Waals surface area contributed by atoms with Crippen LogP contribution in [0.3, 0.4) is 0 Å². The molecule has 0 atom stereocenters. The van der Waals surface area contributed by atoms with Gasteiger partial charge in [0.2, 0.25) is 5.91 Å². The zero-order valence-corrected chi connectivity index (χ0v) is 14.5. The monoisotopic (exact) mass is 341 g/mol. The zero-order valence-electron chi connectivity index (χ0n) is 14.5. The highest BCUT2D eigenvalue weighted by molar-refractivity contribution is 5.78. The number of rotatable bonds is 3. The first kappa shape index (κ1) is 18.8. The van der Waals surface area contributed by atoms with Crippen LogP contribution in [0.15, 0.2) is 24.3 Å². The van der Waals surface area contributed by atoms with Crippen LogP contribution in [0.2, 0.25) is 0 Å². The van der Waals surface area contributed by atoms with Gasteiger partial charge in [0.15, 0.2) is 0 Å². The van der Waals surface area contributed by atoms with Gasteiger partial charge in [0.25, 0.3) is 0 Å². The summed E-state index contributed by atoms with van der Waals surface area (Å²) in [5.74, 6) is 0.397. The van der Waals surface area contributed by atoms with Crippen LogP contribution < -0.4 is 5.32 Å². The van der Waals surface area contributed by atoms with Gasteiger partial charge in [-0.2, -0.15) is 13.2 Å². The first-order valence-electron chi connectivity index (χ1n) is 8.52. The van der Waals surface area contributed by atoms with Crippen LogP contribution >= 0.6 is 0 Å². The first-order chi connectivity index (χ1) is 11.1. The van der Waals surface area contributed by atoms with Gasteiger partial charge in [-0.05, 0) is 48.6 Å². The predicted molar refractivity (Wildman–Crippen MR) is 88.2 cm³/mol. The molecule has 0 heterocycles. The Kier molecular flexibility index (Phi) is 5.61. The minimum atomic E-state index is -4.40. The summed E-state index contributed by atoms with van der Waals surface area (Å²) in [6.45, 7) is 6.57. The SMILES string of the molecule is CC(C)(C)C1CCC(C(=O)NCc2ccccc2C(F)(F)F)CC1. The summed E-state index contributed by atoms with van der Waals surface area (Å²) in [4.78, 5) is 12.3. The molecular formula is C19H26F3NO. The highest BCUT2D eigenvalue weighted by Gasteiger charge is 2.34. The van der Waals surface area contributed by atoms with Crippen molar-refractivity contribution < 1.29 is 18.0 Å². The molecule has 0 aromatic heterocycles. The Morgan fingerprint density at radius 3 is 2.21 bits per heavy atom. The molecule has 1 aromatic rings. The molecule has 1 aromatic carbocycles. The molecular weight excluding hydrogens is 315 g/mol. The summed E-state index contributed by atoms with van der Waals surface area (Å²) in [5, 5.41) is 2.70. The van der Waals surface area contributed by atoms with Gasteiger partial charge >= 0.3 is 6.18 Å². The van der Waals surface area contributed by atoms with Gasteiger partial charge in [-0.1, -0.05) is 39.0 Å². The quantitative estimate of drug-likeness (QED) is 0.807. The summed E-state index contributed by atoms with van der Waals surface area (Å²) in [7, 11) is 0. The van der Waals surface area contributed by atoms with E-state index >= 15 is 0 Å². The maximum absolute atomic E-state index is 13.0. The molecule has 1 amide bonds. The molecule has 0 radical (unpaired) electrons. The Morgan fingerprint density at radius 1 is 1.08 bits per heavy atom. The van der Waals surface area contributed by atoms with Gasteiger partial charge in [0.05, 0.1) is 5.56 Å². The van der Waals surface area contributed by atoms with Crippen molar-refractivity contribution in [2.24, 2.45) is 17.3 Å². The lowest BCUT2D eigenvalue weighted by Gasteiger charge is -2.36. The number of halogens is 3. The second-order valence-electron chi connectivity index (χ2n) is 7.79. The van der Waals surface area contributed by atoms with Gasteiger partial charge in [0.1, 0.15) is 0 Å². The lowest BCUT2D eigenvalue weighted by Crippen LogP contribution is -2.35. The van der Waals surface area contributed by atoms with E-state index in [0.717, 1.165) is 31.7 Å². The molecule has 1 saturated carbocycles. The number of carbonyl (C=O) groups is 1. The first-order valence-corrected chi connectivity index (χ1v) is 8.52. The van der Waals surface area contributed by atoms with Crippen molar-refractivity contribution in [2.45, 2.75) is 59.2 Å². The Balaban J connectivity index is 1.91. The summed E-state index contributed by atoms with van der Waals surface area (Å²) in [5.41, 5.74) is -0.323. The third-order valence-corrected chi connectivity index (χ3v) is 5.10. The Labute approximate surface area is 141 Å². The van der Waals surface area contributed by atoms with Crippen LogP contribution in [0.1, 0.15) is 57.6 Å². The van der Waals surface area contributed by atoms with Gasteiger partial charge < -0.3 is 5.32 Å². The Morgan fingerprint density at radius 2 is 1.67 bits per heavy atom. The average Bonchev–Trinajstić information content (AvgIpc) is 2.51. The van der Waals surface area contributed by atoms with Gasteiger partial charge in [0, 0.05) is 12.5 Å². The van der Waals surface area contributed by atoms with Gasteiger partial charge in [-0.15, -0.1) is 0 Å². The van der Waals surface area contributed by atoms with Crippen molar-refractivity contribution in [3.63, 3.8) is 0 Å². The van der Waals surface area contributed by atoms with Crippen molar-refractivity contribution in [3.8, 4) is 0 Å². The third kappa shape index (κ3) is 4.74. The van der Waals surface area contributed by atoms with Crippen molar-refractivity contribution in [3.05, 3.63) is 35.4 Å². The van der Waals surface area contributed by atoms with Crippen LogP contribution in [-0.2, 0) is 17.5 Å². The Bertz CT molecular complexity index is 567. The van der Waals surface area contributed by atoms with Crippen LogP contribution in [0.25, 0.3) is 0 Å². The number of carbonyl (C=O) groups excluding carboxylic acids is 1. The lowest BCUT2D eigenvalue weighted by molar-refractivity contribution is -0.138. The van der Waals surface area contributed by atoms with Crippen molar-refractivity contribution in [2.75, 3.05) is 0 Å². The molecule has 134 valence electrons. The van der Waals surface area contributed by atoms with Crippen LogP contribution in [-0.4, -0.2) is 5.91 Å². The van der Waals surface area contributed by atoms with Crippen LogP contribution in [0.5, 0.6) is 0 Å². The zero-order chi connectivity index (χ0) is 18.0. The number of amides is 1. The fourth-order valence-corrected chi connectivity index (χ4v) is 3.50. The normalized spacial score (nSPS) is 22.2. The molecule has 0 bridgehead atoms. The average molecular weight is 341 g/mol. The molecule has 2 nitrogen and oxygen atoms in total. The summed E-state index contributed by atoms with van der Waals surface area (Å²) in [6.07, 6.45) is -0.767. The second kappa shape index (κ2) is 7.16. The maximum atomic E-state index is 13.0. The second-order valence-corrected chi connectivity index (χ2v) is 7.79. The van der Waals surface area contributed by atoms with E-state index in [0.29, 0.717) is 5.92 Å². The van der Waals surface area contributed by atoms with E-state index in [4.69, 9.17) is 0 Å². The number of hydrogen-bond donors (Lipinski definition) is 1. The number of hydrogen-bond acceptors (Lipinski definition) is 1. The summed E-state index contributed by atoms with van der Waals surface area (Å²) < 4.78 is 38.9. The molecule has 2 rings (SSSR count). The predicted octanol–water partition coefficient (Wildman–Crippen LogP) is 5.17. The molecule has 5 heteroatoms. The lowest BCUT2D eigenvalue weighted by atomic mass is 9.69. The summed E-state index contributed by atoms with van der Waals surface area (Å²) in [6, 6.07) is 5.39. The fourth-order valence-electron chi connectivity index (χ4n) is 3.50. The molecule has 1 N–H and O–H groups in total. The maximum Gasteiger partial charge on any atom is 0.416 e. The van der Waals surface area contributed by atoms with Gasteiger partial charge in [-0.25, -0.2) is 0 Å². The van der Waals surface area contributed by atoms with E-state index in [-0.39, 0.29) is 29.3 Å². The topological polar surface area (TPSA) is 29.1 Å². The molecule has 0 unspecified atom stereocenters. The van der Waals surface area contributed by atoms with E-state index in [1.54, 1.807) is 6.07 Å². The highest BCUT2D eigenvalue weighted by atomic mass is 19.4. The summed E-state index contributed by atoms with van der Waals surface area (Å²) >= 11 is 0. The Hall–Kier alpha value is -1.52. The molecule has 0 saturated heterocycles. The third-order valence-electron chi connectivity index (χ3n) is 5.10. The van der Waals surface area contributed by atoms with E-state index in [2.05, 4.69) is 26.1 Å². The highest BCUT2D eigenvalue weighted by Crippen LogP contribution is 2.40. The fraction of sp³-hybridized carbons (Fsp3) is 0.632. The largest absolute Gasteiger partial charge is 0.416 e. The van der Waals surface area contributed by atoms with Crippen molar-refractivity contribution in [1.29, 1.82) is 0 Å².